The molecule has 2 heterocycles. The Balaban J connectivity index is 2.13. The van der Waals surface area contributed by atoms with Gasteiger partial charge >= 0.3 is 5.97 Å². The number of thiophene rings is 1. The Kier molecular flexibility index (Phi) is 3.92. The molecular weight excluding hydrogens is 307 g/mol. The van der Waals surface area contributed by atoms with Crippen LogP contribution in [0.3, 0.4) is 0 Å². The van der Waals surface area contributed by atoms with Gasteiger partial charge in [-0.05, 0) is 35.9 Å². The first-order valence-electron chi connectivity index (χ1n) is 6.49. The summed E-state index contributed by atoms with van der Waals surface area (Å²) in [6.45, 7) is 2.02. The largest absolute Gasteiger partial charge is 0.462 e. The quantitative estimate of drug-likeness (QED) is 0.748. The van der Waals surface area contributed by atoms with Gasteiger partial charge in [0.2, 0.25) is 5.82 Å². The number of nitrogens with zero attached hydrogens (tertiary/aromatic N) is 3. The lowest BCUT2D eigenvalue weighted by Crippen LogP contribution is -2.01. The molecule has 0 spiro atoms. The molecule has 3 aromatic rings. The Morgan fingerprint density at radius 3 is 2.95 bits per heavy atom. The zero-order valence-electron chi connectivity index (χ0n) is 11.5. The number of carbonyl (C=O) groups is 1. The normalized spacial score (nSPS) is 10.6. The topological polar surface area (TPSA) is 80.8 Å². The van der Waals surface area contributed by atoms with Crippen molar-refractivity contribution in [1.82, 2.24) is 20.6 Å². The van der Waals surface area contributed by atoms with Gasteiger partial charge in [-0.1, -0.05) is 12.1 Å². The van der Waals surface area contributed by atoms with E-state index in [-0.39, 0.29) is 12.4 Å². The monoisotopic (exact) mass is 318 g/mol. The van der Waals surface area contributed by atoms with E-state index in [1.807, 2.05) is 0 Å². The van der Waals surface area contributed by atoms with Gasteiger partial charge in [0.1, 0.15) is 10.7 Å². The minimum absolute atomic E-state index is 0.281. The molecule has 2 aromatic heterocycles. The number of nitrogens with one attached hydrogen (secondary N) is 1. The summed E-state index contributed by atoms with van der Waals surface area (Å²) < 4.78 is 18.5. The van der Waals surface area contributed by atoms with E-state index in [4.69, 9.17) is 4.74 Å². The van der Waals surface area contributed by atoms with Crippen molar-refractivity contribution < 1.29 is 13.9 Å². The van der Waals surface area contributed by atoms with Crippen LogP contribution in [0, 0.1) is 5.82 Å². The molecule has 0 saturated heterocycles. The summed E-state index contributed by atoms with van der Waals surface area (Å²) in [6, 6.07) is 7.75. The third-order valence-corrected chi connectivity index (χ3v) is 4.05. The molecule has 3 rings (SSSR count). The van der Waals surface area contributed by atoms with Crippen molar-refractivity contribution in [3.05, 3.63) is 41.0 Å². The van der Waals surface area contributed by atoms with Crippen molar-refractivity contribution >= 4 is 17.3 Å². The highest BCUT2D eigenvalue weighted by atomic mass is 32.1. The van der Waals surface area contributed by atoms with Gasteiger partial charge in [-0.15, -0.1) is 21.5 Å². The van der Waals surface area contributed by atoms with Gasteiger partial charge in [0.15, 0.2) is 0 Å². The first-order chi connectivity index (χ1) is 10.7. The third kappa shape index (κ3) is 2.73. The summed E-state index contributed by atoms with van der Waals surface area (Å²) in [5, 5.41) is 13.7. The minimum atomic E-state index is -0.431. The van der Waals surface area contributed by atoms with Gasteiger partial charge in [0, 0.05) is 10.4 Å². The number of hydrogen-bond acceptors (Lipinski definition) is 6. The minimum Gasteiger partial charge on any atom is -0.462 e. The molecule has 0 aliphatic rings. The number of rotatable bonds is 4. The number of H-pyrrole nitrogens is 1. The number of hydrogen-bond donors (Lipinski definition) is 1. The Bertz CT molecular complexity index is 801. The van der Waals surface area contributed by atoms with E-state index in [9.17, 15) is 9.18 Å². The number of carbonyl (C=O) groups excluding carboxylic acids is 1. The van der Waals surface area contributed by atoms with Crippen molar-refractivity contribution in [2.45, 2.75) is 6.92 Å². The second-order valence-electron chi connectivity index (χ2n) is 4.32. The molecule has 0 aliphatic carbocycles. The van der Waals surface area contributed by atoms with Crippen molar-refractivity contribution in [3.8, 4) is 21.8 Å². The molecule has 0 bridgehead atoms. The van der Waals surface area contributed by atoms with Crippen molar-refractivity contribution in [1.29, 1.82) is 0 Å². The van der Waals surface area contributed by atoms with E-state index in [0.717, 1.165) is 0 Å². The fraction of sp³-hybridized carbons (Fsp3) is 0.143. The Hall–Kier alpha value is -2.61. The molecule has 8 heteroatoms. The van der Waals surface area contributed by atoms with Crippen LogP contribution in [0.5, 0.6) is 0 Å². The summed E-state index contributed by atoms with van der Waals surface area (Å²) in [7, 11) is 0. The fourth-order valence-corrected chi connectivity index (χ4v) is 3.02. The van der Waals surface area contributed by atoms with Crippen LogP contribution >= 0.6 is 11.3 Å². The standard InChI is InChI=1S/C14H11FN4O2S/c1-2-21-14(20)11-7-10(13-16-18-19-17-13)12(22-11)8-4-3-5-9(15)6-8/h3-7H,2H2,1H3,(H,16,17,18,19). The van der Waals surface area contributed by atoms with E-state index >= 15 is 0 Å². The Morgan fingerprint density at radius 2 is 2.27 bits per heavy atom. The highest BCUT2D eigenvalue weighted by molar-refractivity contribution is 7.18. The maximum atomic E-state index is 13.5. The zero-order valence-corrected chi connectivity index (χ0v) is 12.4. The summed E-state index contributed by atoms with van der Waals surface area (Å²) in [5.74, 6) is -0.450. The second kappa shape index (κ2) is 6.02. The molecule has 0 saturated carbocycles. The van der Waals surface area contributed by atoms with E-state index < -0.39 is 5.97 Å². The maximum Gasteiger partial charge on any atom is 0.348 e. The van der Waals surface area contributed by atoms with Crippen LogP contribution in [-0.4, -0.2) is 33.2 Å². The van der Waals surface area contributed by atoms with Crippen LogP contribution in [-0.2, 0) is 4.74 Å². The number of aromatic nitrogens is 4. The lowest BCUT2D eigenvalue weighted by Gasteiger charge is -2.00. The summed E-state index contributed by atoms with van der Waals surface area (Å²) in [4.78, 5) is 13.0. The molecule has 0 unspecified atom stereocenters. The van der Waals surface area contributed by atoms with Crippen molar-refractivity contribution in [2.75, 3.05) is 6.61 Å². The van der Waals surface area contributed by atoms with E-state index in [2.05, 4.69) is 20.6 Å². The number of aromatic amines is 1. The van der Waals surface area contributed by atoms with E-state index in [0.29, 0.717) is 26.7 Å². The molecule has 0 aliphatic heterocycles. The number of esters is 1. The molecule has 0 atom stereocenters. The first-order valence-corrected chi connectivity index (χ1v) is 7.31. The van der Waals surface area contributed by atoms with Crippen LogP contribution in [0.25, 0.3) is 21.8 Å². The van der Waals surface area contributed by atoms with Crippen LogP contribution in [0.15, 0.2) is 30.3 Å². The molecule has 0 fully saturated rings. The number of benzene rings is 1. The van der Waals surface area contributed by atoms with Gasteiger partial charge < -0.3 is 4.74 Å². The highest BCUT2D eigenvalue weighted by Crippen LogP contribution is 2.38. The Labute approximate surface area is 128 Å². The van der Waals surface area contributed by atoms with Crippen LogP contribution in [0.4, 0.5) is 4.39 Å². The molecule has 1 N–H and O–H groups in total. The van der Waals surface area contributed by atoms with Crippen molar-refractivity contribution in [3.63, 3.8) is 0 Å². The number of ether oxygens (including phenoxy) is 1. The average molecular weight is 318 g/mol. The third-order valence-electron chi connectivity index (χ3n) is 2.88. The molecule has 22 heavy (non-hydrogen) atoms. The average Bonchev–Trinajstić information content (AvgIpc) is 3.17. The van der Waals surface area contributed by atoms with Gasteiger partial charge in [-0.25, -0.2) is 9.18 Å². The number of halogens is 1. The fourth-order valence-electron chi connectivity index (χ4n) is 1.98. The summed E-state index contributed by atoms with van der Waals surface area (Å²) in [5.41, 5.74) is 1.24. The van der Waals surface area contributed by atoms with Crippen LogP contribution < -0.4 is 0 Å². The van der Waals surface area contributed by atoms with Crippen molar-refractivity contribution in [2.24, 2.45) is 0 Å². The highest BCUT2D eigenvalue weighted by Gasteiger charge is 2.20. The Morgan fingerprint density at radius 1 is 1.41 bits per heavy atom. The molecular formula is C14H11FN4O2S. The number of tetrazole rings is 1. The van der Waals surface area contributed by atoms with Gasteiger partial charge in [0.25, 0.3) is 0 Å². The smallest absolute Gasteiger partial charge is 0.348 e. The van der Waals surface area contributed by atoms with Crippen LogP contribution in [0.2, 0.25) is 0 Å². The van der Waals surface area contributed by atoms with E-state index in [1.54, 1.807) is 25.1 Å². The SMILES string of the molecule is CCOC(=O)c1cc(-c2nn[nH]n2)c(-c2cccc(F)c2)s1. The predicted octanol–water partition coefficient (Wildman–Crippen LogP) is 2.91. The van der Waals surface area contributed by atoms with Crippen LogP contribution in [0.1, 0.15) is 16.6 Å². The lowest BCUT2D eigenvalue weighted by molar-refractivity contribution is 0.0532. The lowest BCUT2D eigenvalue weighted by atomic mass is 10.1. The summed E-state index contributed by atoms with van der Waals surface area (Å²) in [6.07, 6.45) is 0. The molecule has 1 aromatic carbocycles. The predicted molar refractivity (Wildman–Crippen MR) is 78.8 cm³/mol. The second-order valence-corrected chi connectivity index (χ2v) is 5.37. The molecule has 0 radical (unpaired) electrons. The van der Waals surface area contributed by atoms with Gasteiger partial charge in [-0.3, -0.25) is 0 Å². The van der Waals surface area contributed by atoms with E-state index in [1.165, 1.54) is 23.5 Å². The van der Waals surface area contributed by atoms with Gasteiger partial charge in [0.05, 0.1) is 6.61 Å². The maximum absolute atomic E-state index is 13.5. The molecule has 112 valence electrons. The zero-order chi connectivity index (χ0) is 15.5. The van der Waals surface area contributed by atoms with Gasteiger partial charge in [-0.2, -0.15) is 5.21 Å². The summed E-state index contributed by atoms with van der Waals surface area (Å²) >= 11 is 1.20. The molecule has 0 amide bonds. The first kappa shape index (κ1) is 14.3. The molecule has 6 nitrogen and oxygen atoms in total.